The van der Waals surface area contributed by atoms with Crippen molar-refractivity contribution in [2.45, 2.75) is 20.8 Å². The standard InChI is InChI=1S/C9H11FO2.C2H6/c1-7-6-8(12-5-4-11)2-3-9(7)10;1-2/h2-3,6,11H,4-5H2,1H3;1-2H3. The van der Waals surface area contributed by atoms with Crippen LogP contribution >= 0.6 is 0 Å². The van der Waals surface area contributed by atoms with Crippen molar-refractivity contribution >= 4 is 0 Å². The molecule has 0 aliphatic carbocycles. The summed E-state index contributed by atoms with van der Waals surface area (Å²) in [6, 6.07) is 4.49. The molecule has 2 nitrogen and oxygen atoms in total. The van der Waals surface area contributed by atoms with Crippen molar-refractivity contribution in [3.8, 4) is 5.75 Å². The van der Waals surface area contributed by atoms with Crippen LogP contribution in [0.3, 0.4) is 0 Å². The zero-order valence-corrected chi connectivity index (χ0v) is 8.88. The molecule has 14 heavy (non-hydrogen) atoms. The molecule has 1 N–H and O–H groups in total. The lowest BCUT2D eigenvalue weighted by Gasteiger charge is -2.04. The summed E-state index contributed by atoms with van der Waals surface area (Å²) >= 11 is 0. The fraction of sp³-hybridized carbons (Fsp3) is 0.455. The highest BCUT2D eigenvalue weighted by Crippen LogP contribution is 2.15. The fourth-order valence-electron chi connectivity index (χ4n) is 0.870. The molecule has 0 saturated heterocycles. The molecule has 0 radical (unpaired) electrons. The van der Waals surface area contributed by atoms with E-state index in [1.165, 1.54) is 12.1 Å². The fourth-order valence-corrected chi connectivity index (χ4v) is 0.870. The molecule has 0 fully saturated rings. The smallest absolute Gasteiger partial charge is 0.126 e. The van der Waals surface area contributed by atoms with Gasteiger partial charge in [-0.3, -0.25) is 0 Å². The molecular weight excluding hydrogens is 183 g/mol. The van der Waals surface area contributed by atoms with E-state index in [1.54, 1.807) is 13.0 Å². The Balaban J connectivity index is 0.000000791. The summed E-state index contributed by atoms with van der Waals surface area (Å²) < 4.78 is 17.8. The summed E-state index contributed by atoms with van der Waals surface area (Å²) in [6.07, 6.45) is 0. The number of aliphatic hydroxyl groups excluding tert-OH is 1. The van der Waals surface area contributed by atoms with Crippen molar-refractivity contribution < 1.29 is 14.2 Å². The van der Waals surface area contributed by atoms with E-state index in [2.05, 4.69) is 0 Å². The summed E-state index contributed by atoms with van der Waals surface area (Å²) in [6.45, 7) is 5.88. The van der Waals surface area contributed by atoms with Crippen LogP contribution in [0.4, 0.5) is 4.39 Å². The summed E-state index contributed by atoms with van der Waals surface area (Å²) in [5, 5.41) is 8.45. The molecule has 0 atom stereocenters. The van der Waals surface area contributed by atoms with Crippen molar-refractivity contribution in [3.05, 3.63) is 29.6 Å². The van der Waals surface area contributed by atoms with Crippen molar-refractivity contribution in [2.24, 2.45) is 0 Å². The summed E-state index contributed by atoms with van der Waals surface area (Å²) in [7, 11) is 0. The SMILES string of the molecule is CC.Cc1cc(OCCO)ccc1F. The third kappa shape index (κ3) is 4.23. The van der Waals surface area contributed by atoms with Gasteiger partial charge in [0.1, 0.15) is 18.2 Å². The van der Waals surface area contributed by atoms with Crippen LogP contribution in [-0.4, -0.2) is 18.3 Å². The minimum absolute atomic E-state index is 0.0313. The topological polar surface area (TPSA) is 29.5 Å². The first-order valence-corrected chi connectivity index (χ1v) is 4.74. The second-order valence-electron chi connectivity index (χ2n) is 2.48. The minimum atomic E-state index is -0.244. The highest BCUT2D eigenvalue weighted by molar-refractivity contribution is 5.28. The highest BCUT2D eigenvalue weighted by Gasteiger charge is 1.98. The lowest BCUT2D eigenvalue weighted by atomic mass is 10.2. The van der Waals surface area contributed by atoms with E-state index in [-0.39, 0.29) is 19.0 Å². The highest BCUT2D eigenvalue weighted by atomic mass is 19.1. The molecule has 0 bridgehead atoms. The van der Waals surface area contributed by atoms with E-state index in [9.17, 15) is 4.39 Å². The average Bonchev–Trinajstić information content (AvgIpc) is 2.23. The predicted molar refractivity (Wildman–Crippen MR) is 55.1 cm³/mol. The van der Waals surface area contributed by atoms with Gasteiger partial charge in [0, 0.05) is 0 Å². The molecule has 1 aromatic carbocycles. The second kappa shape index (κ2) is 7.33. The van der Waals surface area contributed by atoms with Gasteiger partial charge in [0.25, 0.3) is 0 Å². The van der Waals surface area contributed by atoms with E-state index in [0.29, 0.717) is 11.3 Å². The van der Waals surface area contributed by atoms with Crippen LogP contribution in [0.5, 0.6) is 5.75 Å². The minimum Gasteiger partial charge on any atom is -0.491 e. The summed E-state index contributed by atoms with van der Waals surface area (Å²) in [4.78, 5) is 0. The molecule has 0 aliphatic rings. The first-order valence-electron chi connectivity index (χ1n) is 4.74. The molecule has 0 spiro atoms. The van der Waals surface area contributed by atoms with Crippen molar-refractivity contribution in [1.29, 1.82) is 0 Å². The Hall–Kier alpha value is -1.09. The van der Waals surface area contributed by atoms with Crippen LogP contribution in [0.25, 0.3) is 0 Å². The number of benzene rings is 1. The van der Waals surface area contributed by atoms with E-state index < -0.39 is 0 Å². The van der Waals surface area contributed by atoms with Crippen molar-refractivity contribution in [2.75, 3.05) is 13.2 Å². The Morgan fingerprint density at radius 2 is 2.00 bits per heavy atom. The molecular formula is C11H17FO2. The lowest BCUT2D eigenvalue weighted by Crippen LogP contribution is -2.01. The Bertz CT molecular complexity index is 261. The van der Waals surface area contributed by atoms with Gasteiger partial charge in [-0.1, -0.05) is 13.8 Å². The van der Waals surface area contributed by atoms with E-state index in [0.717, 1.165) is 0 Å². The molecule has 0 saturated carbocycles. The van der Waals surface area contributed by atoms with Crippen LogP contribution in [0, 0.1) is 12.7 Å². The maximum Gasteiger partial charge on any atom is 0.126 e. The number of aliphatic hydroxyl groups is 1. The summed E-state index contributed by atoms with van der Waals surface area (Å²) in [5.41, 5.74) is 0.547. The Morgan fingerprint density at radius 3 is 2.50 bits per heavy atom. The Labute approximate surface area is 84.3 Å². The maximum absolute atomic E-state index is 12.7. The number of hydrogen-bond acceptors (Lipinski definition) is 2. The third-order valence-corrected chi connectivity index (χ3v) is 1.49. The quantitative estimate of drug-likeness (QED) is 0.812. The number of halogens is 1. The monoisotopic (exact) mass is 200 g/mol. The molecule has 1 aromatic rings. The van der Waals surface area contributed by atoms with Gasteiger partial charge in [0.15, 0.2) is 0 Å². The number of ether oxygens (including phenoxy) is 1. The van der Waals surface area contributed by atoms with Gasteiger partial charge >= 0.3 is 0 Å². The van der Waals surface area contributed by atoms with Gasteiger partial charge in [-0.25, -0.2) is 4.39 Å². The molecule has 1 rings (SSSR count). The van der Waals surface area contributed by atoms with Crippen LogP contribution in [0.15, 0.2) is 18.2 Å². The normalized spacial score (nSPS) is 8.93. The molecule has 80 valence electrons. The lowest BCUT2D eigenvalue weighted by molar-refractivity contribution is 0.201. The van der Waals surface area contributed by atoms with Crippen molar-refractivity contribution in [1.82, 2.24) is 0 Å². The molecule has 0 unspecified atom stereocenters. The Kier molecular flexibility index (Phi) is 6.76. The van der Waals surface area contributed by atoms with Gasteiger partial charge < -0.3 is 9.84 Å². The number of hydrogen-bond donors (Lipinski definition) is 1. The largest absolute Gasteiger partial charge is 0.491 e. The van der Waals surface area contributed by atoms with Gasteiger partial charge in [0.05, 0.1) is 6.61 Å². The molecule has 0 amide bonds. The van der Waals surface area contributed by atoms with Crippen LogP contribution in [-0.2, 0) is 0 Å². The van der Waals surface area contributed by atoms with Gasteiger partial charge in [-0.15, -0.1) is 0 Å². The molecule has 0 aromatic heterocycles. The van der Waals surface area contributed by atoms with Crippen LogP contribution < -0.4 is 4.74 Å². The maximum atomic E-state index is 12.7. The Morgan fingerprint density at radius 1 is 1.36 bits per heavy atom. The van der Waals surface area contributed by atoms with Gasteiger partial charge in [0.2, 0.25) is 0 Å². The molecule has 0 aliphatic heterocycles. The average molecular weight is 200 g/mol. The van der Waals surface area contributed by atoms with Gasteiger partial charge in [-0.2, -0.15) is 0 Å². The van der Waals surface area contributed by atoms with Crippen LogP contribution in [0.2, 0.25) is 0 Å². The first kappa shape index (κ1) is 12.9. The number of rotatable bonds is 3. The van der Waals surface area contributed by atoms with E-state index >= 15 is 0 Å². The van der Waals surface area contributed by atoms with Crippen LogP contribution in [0.1, 0.15) is 19.4 Å². The zero-order chi connectivity index (χ0) is 11.0. The van der Waals surface area contributed by atoms with Gasteiger partial charge in [-0.05, 0) is 30.7 Å². The molecule has 0 heterocycles. The summed E-state index contributed by atoms with van der Waals surface area (Å²) in [5.74, 6) is 0.342. The predicted octanol–water partition coefficient (Wildman–Crippen LogP) is 2.53. The van der Waals surface area contributed by atoms with Crippen molar-refractivity contribution in [3.63, 3.8) is 0 Å². The first-order chi connectivity index (χ1) is 6.74. The van der Waals surface area contributed by atoms with E-state index in [4.69, 9.17) is 9.84 Å². The second-order valence-corrected chi connectivity index (χ2v) is 2.48. The zero-order valence-electron chi connectivity index (χ0n) is 8.88. The third-order valence-electron chi connectivity index (χ3n) is 1.49. The number of aryl methyl sites for hydroxylation is 1. The molecule has 3 heteroatoms. The van der Waals surface area contributed by atoms with E-state index in [1.807, 2.05) is 13.8 Å².